The van der Waals surface area contributed by atoms with E-state index in [2.05, 4.69) is 45.2 Å². The highest BCUT2D eigenvalue weighted by Crippen LogP contribution is 2.22. The van der Waals surface area contributed by atoms with Crippen molar-refractivity contribution in [2.75, 3.05) is 6.54 Å². The van der Waals surface area contributed by atoms with E-state index in [4.69, 9.17) is 4.74 Å². The summed E-state index contributed by atoms with van der Waals surface area (Å²) in [7, 11) is 2.13. The molecule has 6 nitrogen and oxygen atoms in total. The van der Waals surface area contributed by atoms with Gasteiger partial charge in [-0.2, -0.15) is 0 Å². The Morgan fingerprint density at radius 3 is 2.82 bits per heavy atom. The molecule has 0 amide bonds. The number of hydrogen-bond acceptors (Lipinski definition) is 4. The molecule has 4 rings (SSSR count). The summed E-state index contributed by atoms with van der Waals surface area (Å²) >= 11 is 0. The normalized spacial score (nSPS) is 17.7. The molecule has 2 aromatic heterocycles. The molecule has 0 radical (unpaired) electrons. The van der Waals surface area contributed by atoms with E-state index in [-0.39, 0.29) is 0 Å². The molecule has 148 valence electrons. The van der Waals surface area contributed by atoms with Crippen molar-refractivity contribution in [3.63, 3.8) is 0 Å². The quantitative estimate of drug-likeness (QED) is 0.600. The third-order valence-electron chi connectivity index (χ3n) is 5.57. The van der Waals surface area contributed by atoms with Gasteiger partial charge in [-0.25, -0.2) is 0 Å². The zero-order valence-corrected chi connectivity index (χ0v) is 16.6. The fraction of sp³-hybridized carbons (Fsp3) is 0.455. The highest BCUT2D eigenvalue weighted by molar-refractivity contribution is 5.21. The Kier molecular flexibility index (Phi) is 6.07. The van der Waals surface area contributed by atoms with E-state index in [1.54, 1.807) is 0 Å². The van der Waals surface area contributed by atoms with Gasteiger partial charge >= 0.3 is 0 Å². The molecule has 3 aromatic rings. The number of hydrogen-bond donors (Lipinski definition) is 0. The molecule has 1 aliphatic heterocycles. The van der Waals surface area contributed by atoms with Crippen LogP contribution in [-0.2, 0) is 26.7 Å². The Morgan fingerprint density at radius 1 is 1.11 bits per heavy atom. The molecule has 0 bridgehead atoms. The van der Waals surface area contributed by atoms with Gasteiger partial charge in [-0.05, 0) is 50.1 Å². The smallest absolute Gasteiger partial charge is 0.134 e. The average molecular weight is 380 g/mol. The molecule has 0 N–H and O–H groups in total. The highest BCUT2D eigenvalue weighted by Gasteiger charge is 2.23. The zero-order chi connectivity index (χ0) is 19.2. The third-order valence-corrected chi connectivity index (χ3v) is 5.57. The molecule has 1 fully saturated rings. The number of aromatic nitrogens is 4. The second-order valence-electron chi connectivity index (χ2n) is 7.59. The summed E-state index contributed by atoms with van der Waals surface area (Å²) in [4.78, 5) is 2.63. The second-order valence-corrected chi connectivity index (χ2v) is 7.59. The molecule has 1 aliphatic rings. The van der Waals surface area contributed by atoms with Crippen LogP contribution in [0.2, 0.25) is 0 Å². The summed E-state index contributed by atoms with van der Waals surface area (Å²) in [5.74, 6) is 0.857. The number of ether oxygens (including phenoxy) is 1. The number of aryl methyl sites for hydroxylation is 2. The molecule has 0 aliphatic carbocycles. The van der Waals surface area contributed by atoms with Crippen molar-refractivity contribution in [1.29, 1.82) is 0 Å². The molecule has 28 heavy (non-hydrogen) atoms. The van der Waals surface area contributed by atoms with Crippen molar-refractivity contribution in [2.45, 2.75) is 51.4 Å². The topological polar surface area (TPSA) is 48.1 Å². The minimum Gasteiger partial charge on any atom is -0.487 e. The summed E-state index contributed by atoms with van der Waals surface area (Å²) in [6.45, 7) is 3.56. The largest absolute Gasteiger partial charge is 0.487 e. The van der Waals surface area contributed by atoms with Crippen molar-refractivity contribution in [2.24, 2.45) is 7.05 Å². The van der Waals surface area contributed by atoms with Gasteiger partial charge in [-0.3, -0.25) is 9.58 Å². The van der Waals surface area contributed by atoms with Gasteiger partial charge in [0.05, 0.1) is 6.20 Å². The van der Waals surface area contributed by atoms with Crippen LogP contribution in [-0.4, -0.2) is 37.0 Å². The van der Waals surface area contributed by atoms with E-state index in [0.717, 1.165) is 31.0 Å². The van der Waals surface area contributed by atoms with E-state index in [0.29, 0.717) is 12.6 Å². The maximum atomic E-state index is 5.76. The lowest BCUT2D eigenvalue weighted by Crippen LogP contribution is -2.40. The minimum absolute atomic E-state index is 0.451. The summed E-state index contributed by atoms with van der Waals surface area (Å²) < 4.78 is 9.94. The van der Waals surface area contributed by atoms with Crippen molar-refractivity contribution >= 4 is 0 Å². The van der Waals surface area contributed by atoms with Crippen molar-refractivity contribution in [1.82, 2.24) is 24.5 Å². The molecule has 1 unspecified atom stereocenters. The maximum Gasteiger partial charge on any atom is 0.134 e. The lowest BCUT2D eigenvalue weighted by Gasteiger charge is -2.35. The van der Waals surface area contributed by atoms with E-state index in [9.17, 15) is 0 Å². The van der Waals surface area contributed by atoms with Crippen LogP contribution >= 0.6 is 0 Å². The van der Waals surface area contributed by atoms with Crippen molar-refractivity contribution in [3.05, 3.63) is 66.2 Å². The van der Waals surface area contributed by atoms with Crippen LogP contribution in [0.15, 0.2) is 54.9 Å². The number of piperidine rings is 1. The van der Waals surface area contributed by atoms with E-state index in [1.165, 1.54) is 31.5 Å². The van der Waals surface area contributed by atoms with Crippen LogP contribution in [0.25, 0.3) is 0 Å². The van der Waals surface area contributed by atoms with Gasteiger partial charge in [0, 0.05) is 38.1 Å². The molecule has 6 heteroatoms. The third kappa shape index (κ3) is 4.81. The lowest BCUT2D eigenvalue weighted by atomic mass is 9.99. The Morgan fingerprint density at radius 2 is 2.00 bits per heavy atom. The number of para-hydroxylation sites is 1. The molecular weight excluding hydrogens is 350 g/mol. The summed E-state index contributed by atoms with van der Waals surface area (Å²) in [5, 5.41) is 8.55. The maximum absolute atomic E-state index is 5.76. The van der Waals surface area contributed by atoms with Crippen LogP contribution < -0.4 is 4.74 Å². The fourth-order valence-corrected chi connectivity index (χ4v) is 3.93. The second kappa shape index (κ2) is 9.06. The Hall–Kier alpha value is -2.60. The van der Waals surface area contributed by atoms with Gasteiger partial charge in [0.15, 0.2) is 0 Å². The SMILES string of the molecule is Cn1cccc1CN1CCCCC1CCn1cc(COc2ccccc2)nn1. The lowest BCUT2D eigenvalue weighted by molar-refractivity contribution is 0.124. The monoisotopic (exact) mass is 379 g/mol. The van der Waals surface area contributed by atoms with Gasteiger partial charge in [0.2, 0.25) is 0 Å². The van der Waals surface area contributed by atoms with Gasteiger partial charge < -0.3 is 9.30 Å². The van der Waals surface area contributed by atoms with E-state index >= 15 is 0 Å². The Bertz CT molecular complexity index is 857. The van der Waals surface area contributed by atoms with Gasteiger partial charge in [0.25, 0.3) is 0 Å². The van der Waals surface area contributed by atoms with Crippen LogP contribution in [0.3, 0.4) is 0 Å². The van der Waals surface area contributed by atoms with Crippen molar-refractivity contribution in [3.8, 4) is 5.75 Å². The predicted octanol–water partition coefficient (Wildman–Crippen LogP) is 3.64. The fourth-order valence-electron chi connectivity index (χ4n) is 3.93. The zero-order valence-electron chi connectivity index (χ0n) is 16.6. The standard InChI is InChI=1S/C22H29N5O/c1-25-13-7-9-21(25)17-26-14-6-5-8-20(26)12-15-27-16-19(23-24-27)18-28-22-10-3-2-4-11-22/h2-4,7,9-11,13,16,20H,5-6,8,12,14-15,17-18H2,1H3. The number of nitrogens with zero attached hydrogens (tertiary/aromatic N) is 5. The molecule has 1 saturated heterocycles. The highest BCUT2D eigenvalue weighted by atomic mass is 16.5. The minimum atomic E-state index is 0.451. The van der Waals surface area contributed by atoms with Gasteiger partial charge in [0.1, 0.15) is 18.1 Å². The summed E-state index contributed by atoms with van der Waals surface area (Å²) in [5.41, 5.74) is 2.25. The number of benzene rings is 1. The van der Waals surface area contributed by atoms with Crippen molar-refractivity contribution < 1.29 is 4.74 Å². The average Bonchev–Trinajstić information content (AvgIpc) is 3.35. The molecular formula is C22H29N5O. The van der Waals surface area contributed by atoms with Crippen LogP contribution in [0, 0.1) is 0 Å². The summed E-state index contributed by atoms with van der Waals surface area (Å²) in [6.07, 6.45) is 9.12. The Balaban J connectivity index is 1.29. The van der Waals surface area contributed by atoms with Crippen LogP contribution in [0.4, 0.5) is 0 Å². The molecule has 0 saturated carbocycles. The van der Waals surface area contributed by atoms with E-state index in [1.807, 2.05) is 41.2 Å². The molecule has 3 heterocycles. The first-order valence-corrected chi connectivity index (χ1v) is 10.2. The molecule has 1 atom stereocenters. The van der Waals surface area contributed by atoms with Crippen LogP contribution in [0.5, 0.6) is 5.75 Å². The summed E-state index contributed by atoms with van der Waals surface area (Å²) in [6, 6.07) is 14.8. The first-order valence-electron chi connectivity index (χ1n) is 10.2. The van der Waals surface area contributed by atoms with E-state index < -0.39 is 0 Å². The Labute approximate surface area is 166 Å². The number of rotatable bonds is 8. The van der Waals surface area contributed by atoms with Gasteiger partial charge in [-0.15, -0.1) is 5.10 Å². The first kappa shape index (κ1) is 18.7. The number of likely N-dealkylation sites (tertiary alicyclic amines) is 1. The predicted molar refractivity (Wildman–Crippen MR) is 109 cm³/mol. The first-order chi connectivity index (χ1) is 13.8. The van der Waals surface area contributed by atoms with Gasteiger partial charge in [-0.1, -0.05) is 29.8 Å². The van der Waals surface area contributed by atoms with Crippen LogP contribution in [0.1, 0.15) is 37.1 Å². The molecule has 1 aromatic carbocycles. The molecule has 0 spiro atoms.